The zero-order chi connectivity index (χ0) is 10.8. The molecule has 1 aliphatic rings. The number of rotatable bonds is 2. The molecule has 2 heterocycles. The van der Waals surface area contributed by atoms with Crippen LogP contribution >= 0.6 is 0 Å². The second kappa shape index (κ2) is 3.74. The lowest BCUT2D eigenvalue weighted by Gasteiger charge is -2.11. The van der Waals surface area contributed by atoms with E-state index in [0.29, 0.717) is 11.5 Å². The molecule has 0 saturated heterocycles. The fourth-order valence-electron chi connectivity index (χ4n) is 1.44. The highest BCUT2D eigenvalue weighted by molar-refractivity contribution is 6.14. The molecule has 1 amide bonds. The Hall–Kier alpha value is -1.82. The van der Waals surface area contributed by atoms with Crippen molar-refractivity contribution in [1.29, 1.82) is 0 Å². The van der Waals surface area contributed by atoms with Gasteiger partial charge in [-0.25, -0.2) is 4.98 Å². The average Bonchev–Trinajstić information content (AvgIpc) is 2.55. The van der Waals surface area contributed by atoms with Gasteiger partial charge in [-0.1, -0.05) is 0 Å². The third-order valence-corrected chi connectivity index (χ3v) is 2.27. The van der Waals surface area contributed by atoms with Gasteiger partial charge >= 0.3 is 0 Å². The minimum absolute atomic E-state index is 0.143. The SMILES string of the molecule is CC1=NN(c2cnccn2)C(=O)C1CN. The molecule has 2 rings (SSSR count). The van der Waals surface area contributed by atoms with Crippen molar-refractivity contribution in [3.8, 4) is 0 Å². The van der Waals surface area contributed by atoms with Gasteiger partial charge in [0.15, 0.2) is 5.82 Å². The Labute approximate surface area is 86.8 Å². The molecule has 2 N–H and O–H groups in total. The fourth-order valence-corrected chi connectivity index (χ4v) is 1.44. The molecular formula is C9H11N5O. The van der Waals surface area contributed by atoms with E-state index in [1.54, 1.807) is 13.1 Å². The first-order chi connectivity index (χ1) is 7.24. The predicted octanol–water partition coefficient (Wildman–Crippen LogP) is -0.226. The molecule has 1 aromatic rings. The zero-order valence-electron chi connectivity index (χ0n) is 8.29. The van der Waals surface area contributed by atoms with Gasteiger partial charge in [-0.3, -0.25) is 9.78 Å². The Bertz CT molecular complexity index is 402. The lowest BCUT2D eigenvalue weighted by atomic mass is 10.1. The Morgan fingerprint density at radius 3 is 2.87 bits per heavy atom. The van der Waals surface area contributed by atoms with E-state index < -0.39 is 0 Å². The van der Waals surface area contributed by atoms with Gasteiger partial charge in [0.05, 0.1) is 12.1 Å². The lowest BCUT2D eigenvalue weighted by molar-refractivity contribution is -0.119. The van der Waals surface area contributed by atoms with Crippen molar-refractivity contribution in [1.82, 2.24) is 9.97 Å². The van der Waals surface area contributed by atoms with Crippen molar-refractivity contribution in [3.63, 3.8) is 0 Å². The van der Waals surface area contributed by atoms with E-state index in [-0.39, 0.29) is 18.4 Å². The summed E-state index contributed by atoms with van der Waals surface area (Å²) in [6, 6.07) is 0. The van der Waals surface area contributed by atoms with Crippen molar-refractivity contribution < 1.29 is 4.79 Å². The maximum Gasteiger partial charge on any atom is 0.259 e. The fraction of sp³-hybridized carbons (Fsp3) is 0.333. The van der Waals surface area contributed by atoms with E-state index in [4.69, 9.17) is 5.73 Å². The highest BCUT2D eigenvalue weighted by atomic mass is 16.2. The number of hydrogen-bond acceptors (Lipinski definition) is 5. The summed E-state index contributed by atoms with van der Waals surface area (Å²) in [6.45, 7) is 2.05. The average molecular weight is 205 g/mol. The molecule has 15 heavy (non-hydrogen) atoms. The summed E-state index contributed by atoms with van der Waals surface area (Å²) >= 11 is 0. The van der Waals surface area contributed by atoms with Gasteiger partial charge in [0.25, 0.3) is 5.91 Å². The third kappa shape index (κ3) is 1.59. The number of nitrogens with two attached hydrogens (primary N) is 1. The van der Waals surface area contributed by atoms with E-state index in [0.717, 1.165) is 0 Å². The largest absolute Gasteiger partial charge is 0.329 e. The van der Waals surface area contributed by atoms with Crippen molar-refractivity contribution >= 4 is 17.4 Å². The lowest BCUT2D eigenvalue weighted by Crippen LogP contribution is -2.32. The van der Waals surface area contributed by atoms with Gasteiger partial charge in [-0.15, -0.1) is 0 Å². The zero-order valence-corrected chi connectivity index (χ0v) is 8.29. The monoisotopic (exact) mass is 205 g/mol. The van der Waals surface area contributed by atoms with Crippen LogP contribution in [0, 0.1) is 5.92 Å². The van der Waals surface area contributed by atoms with Crippen LogP contribution < -0.4 is 10.7 Å². The molecular weight excluding hydrogens is 194 g/mol. The maximum atomic E-state index is 11.8. The van der Waals surface area contributed by atoms with Crippen molar-refractivity contribution in [3.05, 3.63) is 18.6 Å². The van der Waals surface area contributed by atoms with E-state index in [2.05, 4.69) is 15.1 Å². The highest BCUT2D eigenvalue weighted by Crippen LogP contribution is 2.20. The molecule has 78 valence electrons. The number of nitrogens with zero attached hydrogens (tertiary/aromatic N) is 4. The van der Waals surface area contributed by atoms with E-state index in [1.165, 1.54) is 17.4 Å². The molecule has 6 nitrogen and oxygen atoms in total. The molecule has 1 unspecified atom stereocenters. The normalized spacial score (nSPS) is 20.7. The molecule has 0 radical (unpaired) electrons. The van der Waals surface area contributed by atoms with Crippen LogP contribution in [-0.2, 0) is 4.79 Å². The molecule has 0 aliphatic carbocycles. The number of amides is 1. The number of hydrogen-bond donors (Lipinski definition) is 1. The quantitative estimate of drug-likeness (QED) is 0.723. The molecule has 6 heteroatoms. The smallest absolute Gasteiger partial charge is 0.259 e. The maximum absolute atomic E-state index is 11.8. The second-order valence-electron chi connectivity index (χ2n) is 3.24. The van der Waals surface area contributed by atoms with Crippen LogP contribution in [0.1, 0.15) is 6.92 Å². The Kier molecular flexibility index (Phi) is 2.42. The van der Waals surface area contributed by atoms with Crippen LogP contribution in [0.25, 0.3) is 0 Å². The molecule has 1 atom stereocenters. The first-order valence-corrected chi connectivity index (χ1v) is 4.59. The Morgan fingerprint density at radius 2 is 2.33 bits per heavy atom. The van der Waals surface area contributed by atoms with Crippen LogP contribution in [0.15, 0.2) is 23.7 Å². The Balaban J connectivity index is 2.31. The minimum atomic E-state index is -0.327. The van der Waals surface area contributed by atoms with E-state index in [1.807, 2.05) is 0 Å². The van der Waals surface area contributed by atoms with Gasteiger partial charge in [-0.2, -0.15) is 10.1 Å². The predicted molar refractivity (Wildman–Crippen MR) is 55.2 cm³/mol. The molecule has 0 aromatic carbocycles. The van der Waals surface area contributed by atoms with Crippen LogP contribution in [-0.4, -0.2) is 28.1 Å². The van der Waals surface area contributed by atoms with Crippen molar-refractivity contribution in [2.24, 2.45) is 16.8 Å². The van der Waals surface area contributed by atoms with Crippen LogP contribution in [0.3, 0.4) is 0 Å². The second-order valence-corrected chi connectivity index (χ2v) is 3.24. The summed E-state index contributed by atoms with van der Waals surface area (Å²) in [6.07, 6.45) is 4.55. The number of anilines is 1. The van der Waals surface area contributed by atoms with Gasteiger partial charge in [0.1, 0.15) is 0 Å². The number of carbonyl (C=O) groups excluding carboxylic acids is 1. The number of carbonyl (C=O) groups is 1. The van der Waals surface area contributed by atoms with Gasteiger partial charge < -0.3 is 5.73 Å². The summed E-state index contributed by atoms with van der Waals surface area (Å²) in [5.41, 5.74) is 6.21. The summed E-state index contributed by atoms with van der Waals surface area (Å²) < 4.78 is 0. The van der Waals surface area contributed by atoms with Crippen molar-refractivity contribution in [2.75, 3.05) is 11.6 Å². The summed E-state index contributed by atoms with van der Waals surface area (Å²) in [5.74, 6) is -0.0414. The molecule has 0 fully saturated rings. The minimum Gasteiger partial charge on any atom is -0.329 e. The Morgan fingerprint density at radius 1 is 1.53 bits per heavy atom. The third-order valence-electron chi connectivity index (χ3n) is 2.27. The number of aromatic nitrogens is 2. The molecule has 0 saturated carbocycles. The van der Waals surface area contributed by atoms with E-state index >= 15 is 0 Å². The summed E-state index contributed by atoms with van der Waals surface area (Å²) in [5, 5.41) is 5.36. The summed E-state index contributed by atoms with van der Waals surface area (Å²) in [4.78, 5) is 19.7. The van der Waals surface area contributed by atoms with Gasteiger partial charge in [0.2, 0.25) is 0 Å². The molecule has 1 aliphatic heterocycles. The van der Waals surface area contributed by atoms with Crippen LogP contribution in [0.4, 0.5) is 5.82 Å². The molecule has 0 bridgehead atoms. The van der Waals surface area contributed by atoms with Gasteiger partial charge in [-0.05, 0) is 6.92 Å². The van der Waals surface area contributed by atoms with Crippen LogP contribution in [0.2, 0.25) is 0 Å². The molecule has 1 aromatic heterocycles. The van der Waals surface area contributed by atoms with Gasteiger partial charge in [0, 0.05) is 24.7 Å². The van der Waals surface area contributed by atoms with E-state index in [9.17, 15) is 4.79 Å². The standard InChI is InChI=1S/C9H11N5O/c1-6-7(4-10)9(15)14(13-6)8-5-11-2-3-12-8/h2-3,5,7H,4,10H2,1H3. The number of hydrazone groups is 1. The molecule has 0 spiro atoms. The van der Waals surface area contributed by atoms with Crippen LogP contribution in [0.5, 0.6) is 0 Å². The first kappa shape index (κ1) is 9.72. The highest BCUT2D eigenvalue weighted by Gasteiger charge is 2.33. The topological polar surface area (TPSA) is 84.5 Å². The van der Waals surface area contributed by atoms with Crippen molar-refractivity contribution in [2.45, 2.75) is 6.92 Å². The summed E-state index contributed by atoms with van der Waals surface area (Å²) in [7, 11) is 0. The first-order valence-electron chi connectivity index (χ1n) is 4.59.